The standard InChI is InChI=1S/C43H73O9P/c1-3-5-7-9-11-13-15-17-19-20-21-23-25-27-29-31-33-35-43(46)52-42(40-51-53(47,48)50-38-41(45)37-44)39-49-36-34-32-30-28-26-24-22-18-16-14-12-10-8-6-4-2/h5,7,10-13,16-19,21,23,27,29,41-42,44-45H,3-4,6,8-9,14-15,20,22,24-26,28,30-40H2,1-2H3,(H,47,48)/b7-5-,12-10-,13-11-,18-16-,19-17-,23-21-,29-27-. The Morgan fingerprint density at radius 3 is 1.62 bits per heavy atom. The van der Waals surface area contributed by atoms with Gasteiger partial charge >= 0.3 is 13.8 Å². The van der Waals surface area contributed by atoms with Crippen LogP contribution in [-0.4, -0.2) is 66.3 Å². The largest absolute Gasteiger partial charge is 0.472 e. The van der Waals surface area contributed by atoms with Gasteiger partial charge in [0, 0.05) is 13.0 Å². The lowest BCUT2D eigenvalue weighted by Crippen LogP contribution is -2.29. The second kappa shape index (κ2) is 39.3. The zero-order valence-corrected chi connectivity index (χ0v) is 33.8. The van der Waals surface area contributed by atoms with Crippen molar-refractivity contribution in [2.24, 2.45) is 0 Å². The molecule has 0 rings (SSSR count). The molecule has 0 bridgehead atoms. The van der Waals surface area contributed by atoms with E-state index in [0.29, 0.717) is 13.0 Å². The maximum absolute atomic E-state index is 12.6. The number of rotatable bonds is 37. The Labute approximate surface area is 322 Å². The molecule has 0 aliphatic heterocycles. The topological polar surface area (TPSA) is 132 Å². The number of phosphoric acid groups is 1. The van der Waals surface area contributed by atoms with Crippen LogP contribution in [0.25, 0.3) is 0 Å². The summed E-state index contributed by atoms with van der Waals surface area (Å²) in [5, 5.41) is 18.3. The minimum atomic E-state index is -4.54. The maximum atomic E-state index is 12.6. The van der Waals surface area contributed by atoms with E-state index in [0.717, 1.165) is 70.6 Å². The number of aliphatic hydroxyl groups is 2. The zero-order chi connectivity index (χ0) is 38.9. The SMILES string of the molecule is CC/C=C\C/C=C\C/C=C\C/C=C\C/C=C\CCCC(=O)OC(COCCCCCCCC/C=C\C/C=C\CCCC)COP(=O)(O)OCC(O)CO. The molecule has 10 heteroatoms. The Morgan fingerprint density at radius 1 is 0.604 bits per heavy atom. The van der Waals surface area contributed by atoms with E-state index in [1.54, 1.807) is 0 Å². The molecule has 0 aromatic carbocycles. The number of allylic oxidation sites excluding steroid dienone is 14. The third-order valence-electron chi connectivity index (χ3n) is 7.81. The van der Waals surface area contributed by atoms with Gasteiger partial charge in [-0.15, -0.1) is 0 Å². The molecule has 0 aliphatic carbocycles. The van der Waals surface area contributed by atoms with Gasteiger partial charge in [-0.05, 0) is 77.0 Å². The van der Waals surface area contributed by atoms with Crippen LogP contribution in [0.2, 0.25) is 0 Å². The number of carbonyl (C=O) groups is 1. The van der Waals surface area contributed by atoms with Crippen molar-refractivity contribution in [2.75, 3.05) is 33.0 Å². The number of aliphatic hydroxyl groups excluding tert-OH is 2. The monoisotopic (exact) mass is 764 g/mol. The van der Waals surface area contributed by atoms with Crippen LogP contribution >= 0.6 is 7.82 Å². The van der Waals surface area contributed by atoms with Gasteiger partial charge in [-0.25, -0.2) is 4.57 Å². The molecule has 53 heavy (non-hydrogen) atoms. The lowest BCUT2D eigenvalue weighted by molar-refractivity contribution is -0.154. The predicted molar refractivity (Wildman–Crippen MR) is 219 cm³/mol. The van der Waals surface area contributed by atoms with Gasteiger partial charge in [0.05, 0.1) is 26.4 Å². The summed E-state index contributed by atoms with van der Waals surface area (Å²) in [4.78, 5) is 22.5. The minimum absolute atomic E-state index is 0.0138. The van der Waals surface area contributed by atoms with Crippen LogP contribution in [-0.2, 0) is 27.9 Å². The number of phosphoric ester groups is 1. The average Bonchev–Trinajstić information content (AvgIpc) is 3.15. The molecule has 3 atom stereocenters. The molecule has 0 amide bonds. The molecule has 0 radical (unpaired) electrons. The van der Waals surface area contributed by atoms with Gasteiger partial charge in [0.25, 0.3) is 0 Å². The van der Waals surface area contributed by atoms with Crippen molar-refractivity contribution < 1.29 is 43.0 Å². The lowest BCUT2D eigenvalue weighted by Gasteiger charge is -2.20. The lowest BCUT2D eigenvalue weighted by atomic mass is 10.1. The van der Waals surface area contributed by atoms with Gasteiger partial charge in [0.1, 0.15) is 12.2 Å². The average molecular weight is 765 g/mol. The first-order valence-electron chi connectivity index (χ1n) is 20.1. The highest BCUT2D eigenvalue weighted by atomic mass is 31.2. The molecule has 0 fully saturated rings. The molecular weight excluding hydrogens is 691 g/mol. The van der Waals surface area contributed by atoms with Crippen LogP contribution in [0, 0.1) is 0 Å². The Hall–Kier alpha value is -2.36. The fourth-order valence-electron chi connectivity index (χ4n) is 4.76. The molecule has 0 saturated carbocycles. The molecule has 0 saturated heterocycles. The molecule has 3 unspecified atom stereocenters. The van der Waals surface area contributed by atoms with E-state index >= 15 is 0 Å². The molecule has 0 heterocycles. The summed E-state index contributed by atoms with van der Waals surface area (Å²) >= 11 is 0. The fraction of sp³-hybridized carbons (Fsp3) is 0.651. The van der Waals surface area contributed by atoms with Gasteiger partial charge in [-0.3, -0.25) is 13.8 Å². The molecule has 0 aliphatic rings. The molecule has 0 spiro atoms. The van der Waals surface area contributed by atoms with Crippen LogP contribution in [0.1, 0.15) is 136 Å². The number of ether oxygens (including phenoxy) is 2. The first-order chi connectivity index (χ1) is 25.8. The van der Waals surface area contributed by atoms with Gasteiger partial charge in [-0.2, -0.15) is 0 Å². The minimum Gasteiger partial charge on any atom is -0.457 e. The molecule has 9 nitrogen and oxygen atoms in total. The Bertz CT molecular complexity index is 1090. The van der Waals surface area contributed by atoms with Gasteiger partial charge in [-0.1, -0.05) is 137 Å². The Balaban J connectivity index is 4.36. The molecule has 304 valence electrons. The summed E-state index contributed by atoms with van der Waals surface area (Å²) in [5.74, 6) is -0.447. The molecule has 0 aromatic rings. The van der Waals surface area contributed by atoms with E-state index < -0.39 is 45.8 Å². The van der Waals surface area contributed by atoms with Crippen molar-refractivity contribution in [3.05, 3.63) is 85.1 Å². The number of hydrogen-bond acceptors (Lipinski definition) is 8. The summed E-state index contributed by atoms with van der Waals surface area (Å²) in [6.07, 6.45) is 46.9. The maximum Gasteiger partial charge on any atom is 0.472 e. The van der Waals surface area contributed by atoms with Crippen LogP contribution in [0.4, 0.5) is 0 Å². The van der Waals surface area contributed by atoms with E-state index in [1.807, 2.05) is 6.08 Å². The first-order valence-corrected chi connectivity index (χ1v) is 21.6. The number of unbranched alkanes of at least 4 members (excludes halogenated alkanes) is 9. The quantitative estimate of drug-likeness (QED) is 0.0245. The second-order valence-electron chi connectivity index (χ2n) is 12.9. The van der Waals surface area contributed by atoms with E-state index in [-0.39, 0.29) is 13.0 Å². The van der Waals surface area contributed by atoms with Crippen LogP contribution in [0.3, 0.4) is 0 Å². The van der Waals surface area contributed by atoms with Crippen molar-refractivity contribution in [3.8, 4) is 0 Å². The number of carbonyl (C=O) groups excluding carboxylic acids is 1. The van der Waals surface area contributed by atoms with Gasteiger partial charge in [0.15, 0.2) is 0 Å². The van der Waals surface area contributed by atoms with Crippen LogP contribution < -0.4 is 0 Å². The molecule has 0 aromatic heterocycles. The summed E-state index contributed by atoms with van der Waals surface area (Å²) in [6, 6.07) is 0. The Kier molecular flexibility index (Phi) is 37.6. The van der Waals surface area contributed by atoms with E-state index in [1.165, 1.54) is 38.5 Å². The zero-order valence-electron chi connectivity index (χ0n) is 32.9. The van der Waals surface area contributed by atoms with Crippen molar-refractivity contribution in [2.45, 2.75) is 148 Å². The summed E-state index contributed by atoms with van der Waals surface area (Å²) < 4.78 is 33.2. The van der Waals surface area contributed by atoms with Crippen molar-refractivity contribution in [3.63, 3.8) is 0 Å². The van der Waals surface area contributed by atoms with Crippen molar-refractivity contribution in [1.29, 1.82) is 0 Å². The second-order valence-corrected chi connectivity index (χ2v) is 14.4. The van der Waals surface area contributed by atoms with Crippen molar-refractivity contribution >= 4 is 13.8 Å². The highest BCUT2D eigenvalue weighted by Crippen LogP contribution is 2.43. The fourth-order valence-corrected chi connectivity index (χ4v) is 5.55. The molecule has 3 N–H and O–H groups in total. The summed E-state index contributed by atoms with van der Waals surface area (Å²) in [6.45, 7) is 3.23. The normalized spacial score (nSPS) is 15.0. The van der Waals surface area contributed by atoms with Gasteiger partial charge in [0.2, 0.25) is 0 Å². The predicted octanol–water partition coefficient (Wildman–Crippen LogP) is 10.7. The third-order valence-corrected chi connectivity index (χ3v) is 8.77. The Morgan fingerprint density at radius 2 is 1.08 bits per heavy atom. The van der Waals surface area contributed by atoms with Crippen LogP contribution in [0.5, 0.6) is 0 Å². The third kappa shape index (κ3) is 39.2. The van der Waals surface area contributed by atoms with E-state index in [9.17, 15) is 19.4 Å². The first kappa shape index (κ1) is 50.6. The number of esters is 1. The highest BCUT2D eigenvalue weighted by Gasteiger charge is 2.26. The van der Waals surface area contributed by atoms with Crippen molar-refractivity contribution in [1.82, 2.24) is 0 Å². The van der Waals surface area contributed by atoms with E-state index in [2.05, 4.69) is 92.8 Å². The highest BCUT2D eigenvalue weighted by molar-refractivity contribution is 7.47. The summed E-state index contributed by atoms with van der Waals surface area (Å²) in [7, 11) is -4.54. The van der Waals surface area contributed by atoms with Gasteiger partial charge < -0.3 is 24.6 Å². The summed E-state index contributed by atoms with van der Waals surface area (Å²) in [5.41, 5.74) is 0. The van der Waals surface area contributed by atoms with Crippen LogP contribution in [0.15, 0.2) is 85.1 Å². The molecular formula is C43H73O9P. The number of hydrogen-bond donors (Lipinski definition) is 3. The smallest absolute Gasteiger partial charge is 0.457 e. The van der Waals surface area contributed by atoms with E-state index in [4.69, 9.17) is 23.6 Å².